The highest BCUT2D eigenvalue weighted by Gasteiger charge is 2.34. The van der Waals surface area contributed by atoms with Gasteiger partial charge < -0.3 is 4.57 Å². The molecule has 1 saturated heterocycles. The van der Waals surface area contributed by atoms with Crippen LogP contribution in [0.25, 0.3) is 22.0 Å². The fourth-order valence-electron chi connectivity index (χ4n) is 3.84. The molecule has 29 heavy (non-hydrogen) atoms. The van der Waals surface area contributed by atoms with Crippen LogP contribution in [0.1, 0.15) is 31.9 Å². The summed E-state index contributed by atoms with van der Waals surface area (Å²) in [4.78, 5) is 5.13. The Labute approximate surface area is 181 Å². The van der Waals surface area contributed by atoms with Crippen molar-refractivity contribution in [1.82, 2.24) is 13.9 Å². The van der Waals surface area contributed by atoms with Gasteiger partial charge in [0.15, 0.2) is 0 Å². The van der Waals surface area contributed by atoms with Crippen LogP contribution < -0.4 is 0 Å². The van der Waals surface area contributed by atoms with Crippen LogP contribution in [-0.4, -0.2) is 34.9 Å². The maximum absolute atomic E-state index is 13.4. The van der Waals surface area contributed by atoms with E-state index in [1.54, 1.807) is 10.4 Å². The normalized spacial score (nSPS) is 18.3. The summed E-state index contributed by atoms with van der Waals surface area (Å²) in [5.74, 6) is 0. The third-order valence-electron chi connectivity index (χ3n) is 5.68. The third-order valence-corrected chi connectivity index (χ3v) is 8.93. The summed E-state index contributed by atoms with van der Waals surface area (Å²) < 4.78 is 30.3. The number of sulfonamides is 1. The van der Waals surface area contributed by atoms with Crippen molar-refractivity contribution in [1.29, 1.82) is 0 Å². The Hall–Kier alpha value is -1.67. The van der Waals surface area contributed by atoms with Gasteiger partial charge in [-0.15, -0.1) is 11.3 Å². The first-order valence-corrected chi connectivity index (χ1v) is 12.4. The highest BCUT2D eigenvalue weighted by molar-refractivity contribution is 7.89. The summed E-state index contributed by atoms with van der Waals surface area (Å²) in [6.07, 6.45) is 2.91. The number of halogens is 1. The maximum atomic E-state index is 13.4. The van der Waals surface area contributed by atoms with Gasteiger partial charge in [-0.05, 0) is 44.9 Å². The largest absolute Gasteiger partial charge is 0.345 e. The Morgan fingerprint density at radius 1 is 1.21 bits per heavy atom. The Bertz CT molecular complexity index is 1130. The zero-order valence-corrected chi connectivity index (χ0v) is 19.1. The summed E-state index contributed by atoms with van der Waals surface area (Å²) in [5.41, 5.74) is 3.39. The van der Waals surface area contributed by atoms with Gasteiger partial charge in [-0.1, -0.05) is 30.2 Å². The minimum absolute atomic E-state index is 0.0353. The predicted octanol–water partition coefficient (Wildman–Crippen LogP) is 5.34. The number of hydrogen-bond acceptors (Lipinski definition) is 4. The van der Waals surface area contributed by atoms with Crippen molar-refractivity contribution >= 4 is 33.0 Å². The SMILES string of the molecule is Cc1c(S(=O)(=O)N2CCCC[C@H]2C)cc(-c2nc(-c3ccc(Cl)cc3)cs2)n1C. The van der Waals surface area contributed by atoms with E-state index in [-0.39, 0.29) is 6.04 Å². The van der Waals surface area contributed by atoms with Crippen LogP contribution in [0.2, 0.25) is 5.02 Å². The summed E-state index contributed by atoms with van der Waals surface area (Å²) in [5, 5.41) is 3.47. The smallest absolute Gasteiger partial charge is 0.245 e. The molecule has 0 unspecified atom stereocenters. The molecule has 3 aromatic rings. The molecule has 2 aromatic heterocycles. The molecule has 0 amide bonds. The number of rotatable bonds is 4. The van der Waals surface area contributed by atoms with E-state index in [0.717, 1.165) is 46.9 Å². The Morgan fingerprint density at radius 3 is 2.62 bits per heavy atom. The lowest BCUT2D eigenvalue weighted by atomic mass is 10.1. The number of aromatic nitrogens is 2. The topological polar surface area (TPSA) is 55.2 Å². The van der Waals surface area contributed by atoms with E-state index in [0.29, 0.717) is 16.5 Å². The zero-order valence-electron chi connectivity index (χ0n) is 16.7. The molecule has 0 bridgehead atoms. The summed E-state index contributed by atoms with van der Waals surface area (Å²) in [6, 6.07) is 9.36. The Morgan fingerprint density at radius 2 is 1.93 bits per heavy atom. The van der Waals surface area contributed by atoms with Crippen molar-refractivity contribution in [3.63, 3.8) is 0 Å². The molecule has 1 atom stereocenters. The predicted molar refractivity (Wildman–Crippen MR) is 119 cm³/mol. The molecule has 0 spiro atoms. The molecule has 1 aliphatic heterocycles. The summed E-state index contributed by atoms with van der Waals surface area (Å²) in [7, 11) is -1.63. The third kappa shape index (κ3) is 3.77. The second-order valence-electron chi connectivity index (χ2n) is 7.54. The van der Waals surface area contributed by atoms with Crippen molar-refractivity contribution in [2.75, 3.05) is 6.54 Å². The van der Waals surface area contributed by atoms with Crippen molar-refractivity contribution < 1.29 is 8.42 Å². The van der Waals surface area contributed by atoms with Gasteiger partial charge in [0.1, 0.15) is 9.90 Å². The molecular weight excluding hydrogens is 426 g/mol. The number of benzene rings is 1. The van der Waals surface area contributed by atoms with Crippen molar-refractivity contribution in [3.8, 4) is 22.0 Å². The van der Waals surface area contributed by atoms with Crippen LogP contribution in [0.4, 0.5) is 0 Å². The molecule has 4 rings (SSSR count). The van der Waals surface area contributed by atoms with Crippen LogP contribution in [0.5, 0.6) is 0 Å². The number of thiazole rings is 1. The van der Waals surface area contributed by atoms with E-state index in [1.807, 2.05) is 55.1 Å². The van der Waals surface area contributed by atoms with Gasteiger partial charge >= 0.3 is 0 Å². The van der Waals surface area contributed by atoms with Gasteiger partial charge in [-0.3, -0.25) is 0 Å². The lowest BCUT2D eigenvalue weighted by Crippen LogP contribution is -2.42. The molecular formula is C21H24ClN3O2S2. The zero-order chi connectivity index (χ0) is 20.8. The van der Waals surface area contributed by atoms with E-state index in [9.17, 15) is 8.42 Å². The second kappa shape index (κ2) is 7.87. The van der Waals surface area contributed by atoms with Gasteiger partial charge in [0.05, 0.1) is 11.4 Å². The molecule has 0 aliphatic carbocycles. The average Bonchev–Trinajstić information content (AvgIpc) is 3.28. The van der Waals surface area contributed by atoms with Crippen molar-refractivity contribution in [2.24, 2.45) is 7.05 Å². The van der Waals surface area contributed by atoms with Crippen LogP contribution in [0.15, 0.2) is 40.6 Å². The fraction of sp³-hybridized carbons (Fsp3) is 0.381. The molecule has 3 heterocycles. The second-order valence-corrected chi connectivity index (χ2v) is 10.7. The van der Waals surface area contributed by atoms with Gasteiger partial charge in [0.2, 0.25) is 10.0 Å². The first kappa shape index (κ1) is 20.6. The number of hydrogen-bond donors (Lipinski definition) is 0. The quantitative estimate of drug-likeness (QED) is 0.540. The van der Waals surface area contributed by atoms with Gasteiger partial charge in [-0.25, -0.2) is 13.4 Å². The molecule has 0 N–H and O–H groups in total. The molecule has 0 radical (unpaired) electrons. The minimum atomic E-state index is -3.53. The molecule has 1 fully saturated rings. The Balaban J connectivity index is 1.71. The van der Waals surface area contributed by atoms with E-state index >= 15 is 0 Å². The Kier molecular flexibility index (Phi) is 5.59. The minimum Gasteiger partial charge on any atom is -0.345 e. The molecule has 5 nitrogen and oxygen atoms in total. The lowest BCUT2D eigenvalue weighted by molar-refractivity contribution is 0.268. The maximum Gasteiger partial charge on any atom is 0.245 e. The highest BCUT2D eigenvalue weighted by Crippen LogP contribution is 2.35. The van der Waals surface area contributed by atoms with Gasteiger partial charge in [0, 0.05) is 41.3 Å². The fourth-order valence-corrected chi connectivity index (χ4v) is 6.82. The van der Waals surface area contributed by atoms with Gasteiger partial charge in [0.25, 0.3) is 0 Å². The molecule has 8 heteroatoms. The van der Waals surface area contributed by atoms with E-state index < -0.39 is 10.0 Å². The van der Waals surface area contributed by atoms with E-state index in [1.165, 1.54) is 11.3 Å². The van der Waals surface area contributed by atoms with E-state index in [4.69, 9.17) is 16.6 Å². The van der Waals surface area contributed by atoms with Gasteiger partial charge in [-0.2, -0.15) is 4.31 Å². The van der Waals surface area contributed by atoms with Crippen LogP contribution in [-0.2, 0) is 17.1 Å². The number of nitrogens with zero attached hydrogens (tertiary/aromatic N) is 3. The molecule has 1 aromatic carbocycles. The molecule has 0 saturated carbocycles. The van der Waals surface area contributed by atoms with E-state index in [2.05, 4.69) is 0 Å². The highest BCUT2D eigenvalue weighted by atomic mass is 35.5. The average molecular weight is 450 g/mol. The molecule has 1 aliphatic rings. The van der Waals surface area contributed by atoms with Crippen LogP contribution in [0.3, 0.4) is 0 Å². The monoisotopic (exact) mass is 449 g/mol. The lowest BCUT2D eigenvalue weighted by Gasteiger charge is -2.32. The summed E-state index contributed by atoms with van der Waals surface area (Å²) in [6.45, 7) is 4.44. The van der Waals surface area contributed by atoms with Crippen LogP contribution >= 0.6 is 22.9 Å². The van der Waals surface area contributed by atoms with Crippen molar-refractivity contribution in [3.05, 3.63) is 46.4 Å². The van der Waals surface area contributed by atoms with Crippen molar-refractivity contribution in [2.45, 2.75) is 44.0 Å². The first-order chi connectivity index (χ1) is 13.8. The standard InChI is InChI=1S/C21H24ClN3O2S2/c1-14-6-4-5-11-25(14)29(26,27)20-12-19(24(3)15(20)2)21-23-18(13-28-21)16-7-9-17(22)10-8-16/h7-10,12-14H,4-6,11H2,1-3H3/t14-/m1/s1. The first-order valence-electron chi connectivity index (χ1n) is 9.69. The number of piperidine rings is 1. The van der Waals surface area contributed by atoms with Crippen LogP contribution in [0, 0.1) is 6.92 Å². The molecule has 154 valence electrons. The summed E-state index contributed by atoms with van der Waals surface area (Å²) >= 11 is 7.49.